The number of carboxylic acid groups (broad SMARTS) is 1. The number of carbonyl (C=O) groups excluding carboxylic acids is 1. The molecule has 10 nitrogen and oxygen atoms in total. The molecule has 232 valence electrons. The van der Waals surface area contributed by atoms with E-state index >= 15 is 0 Å². The van der Waals surface area contributed by atoms with Crippen molar-refractivity contribution in [2.24, 2.45) is 11.1 Å². The molecular weight excluding hydrogens is 568 g/mol. The molecule has 0 aliphatic rings. The van der Waals surface area contributed by atoms with Crippen LogP contribution in [0.5, 0.6) is 0 Å². The number of amides is 1. The Morgan fingerprint density at radius 3 is 2.09 bits per heavy atom. The Labute approximate surface area is 254 Å². The number of aromatic nitrogens is 2. The average Bonchev–Trinajstić information content (AvgIpc) is 2.92. The van der Waals surface area contributed by atoms with Crippen LogP contribution in [0.25, 0.3) is 0 Å². The van der Waals surface area contributed by atoms with Crippen LogP contribution in [-0.4, -0.2) is 47.7 Å². The first-order valence-corrected chi connectivity index (χ1v) is 15.7. The van der Waals surface area contributed by atoms with Gasteiger partial charge in [0.25, 0.3) is 0 Å². The topological polar surface area (TPSA) is 153 Å². The number of hydrogen-bond acceptors (Lipinski definition) is 8. The van der Waals surface area contributed by atoms with Crippen molar-refractivity contribution in [3.63, 3.8) is 0 Å². The van der Waals surface area contributed by atoms with E-state index in [0.29, 0.717) is 5.56 Å². The van der Waals surface area contributed by atoms with E-state index in [4.69, 9.17) is 10.5 Å². The van der Waals surface area contributed by atoms with Gasteiger partial charge in [0, 0.05) is 12.6 Å². The minimum Gasteiger partial charge on any atom is -0.480 e. The second kappa shape index (κ2) is 13.2. The molecule has 0 saturated heterocycles. The number of aliphatic carboxylic acids is 1. The lowest BCUT2D eigenvalue weighted by Gasteiger charge is -2.30. The number of nitrogens with two attached hydrogens (primary N) is 1. The van der Waals surface area contributed by atoms with Crippen molar-refractivity contribution in [3.05, 3.63) is 83.7 Å². The third kappa shape index (κ3) is 8.61. The van der Waals surface area contributed by atoms with Crippen LogP contribution >= 0.6 is 0 Å². The molecular formula is C32H42N4O6S. The standard InChI is InChI=1S/C32H42N4O6S/c1-7-18-31(5,6)20-23-14-16-24(17-15-23)21-32(33,43(40,41)27-13-8-9-19-34-27)25-11-10-12-26(35-25)36(22-28(37)38)29(39)42-30(2,3)4/h8-17,19H,7,18,20-22,33H2,1-6H3,(H,37,38). The zero-order valence-electron chi connectivity index (χ0n) is 25.7. The summed E-state index contributed by atoms with van der Waals surface area (Å²) >= 11 is 0. The Kier molecular flexibility index (Phi) is 10.3. The SMILES string of the molecule is CCCC(C)(C)Cc1ccc(CC(N)(c2cccc(N(CC(=O)O)C(=O)OC(C)(C)C)n2)S(=O)(=O)c2ccccn2)cc1. The lowest BCUT2D eigenvalue weighted by molar-refractivity contribution is -0.135. The number of anilines is 1. The predicted octanol–water partition coefficient (Wildman–Crippen LogP) is 5.50. The Morgan fingerprint density at radius 1 is 0.930 bits per heavy atom. The summed E-state index contributed by atoms with van der Waals surface area (Å²) in [5.74, 6) is -1.42. The minimum atomic E-state index is -4.36. The van der Waals surface area contributed by atoms with Gasteiger partial charge in [0.2, 0.25) is 9.84 Å². The van der Waals surface area contributed by atoms with Crippen LogP contribution in [-0.2, 0) is 37.1 Å². The molecule has 2 aromatic heterocycles. The maximum Gasteiger partial charge on any atom is 0.416 e. The number of carbonyl (C=O) groups is 2. The Bertz CT molecular complexity index is 1520. The van der Waals surface area contributed by atoms with Gasteiger partial charge in [0.1, 0.15) is 18.0 Å². The maximum absolute atomic E-state index is 14.1. The molecule has 1 atom stereocenters. The summed E-state index contributed by atoms with van der Waals surface area (Å²) in [5.41, 5.74) is 7.75. The van der Waals surface area contributed by atoms with E-state index in [1.54, 1.807) is 32.9 Å². The van der Waals surface area contributed by atoms with Gasteiger partial charge >= 0.3 is 12.1 Å². The maximum atomic E-state index is 14.1. The normalized spacial score (nSPS) is 13.7. The van der Waals surface area contributed by atoms with Crippen LogP contribution in [0.15, 0.2) is 71.9 Å². The molecule has 2 heterocycles. The highest BCUT2D eigenvalue weighted by molar-refractivity contribution is 7.92. The van der Waals surface area contributed by atoms with E-state index in [-0.39, 0.29) is 28.4 Å². The summed E-state index contributed by atoms with van der Waals surface area (Å²) in [6.07, 6.45) is 3.28. The summed E-state index contributed by atoms with van der Waals surface area (Å²) in [6.45, 7) is 10.8. The molecule has 3 N–H and O–H groups in total. The highest BCUT2D eigenvalue weighted by atomic mass is 32.2. The number of hydrogen-bond donors (Lipinski definition) is 2. The molecule has 1 amide bonds. The van der Waals surface area contributed by atoms with E-state index in [2.05, 4.69) is 30.7 Å². The minimum absolute atomic E-state index is 0.0808. The monoisotopic (exact) mass is 610 g/mol. The van der Waals surface area contributed by atoms with Gasteiger partial charge in [-0.05, 0) is 74.4 Å². The van der Waals surface area contributed by atoms with E-state index in [1.165, 1.54) is 30.5 Å². The highest BCUT2D eigenvalue weighted by Crippen LogP contribution is 2.34. The lowest BCUT2D eigenvalue weighted by Crippen LogP contribution is -2.48. The first-order valence-electron chi connectivity index (χ1n) is 14.2. The lowest BCUT2D eigenvalue weighted by atomic mass is 9.81. The number of sulfone groups is 1. The van der Waals surface area contributed by atoms with Crippen molar-refractivity contribution < 1.29 is 27.9 Å². The fourth-order valence-corrected chi connectivity index (χ4v) is 6.49. The summed E-state index contributed by atoms with van der Waals surface area (Å²) < 4.78 is 33.7. The quantitative estimate of drug-likeness (QED) is 0.271. The second-order valence-electron chi connectivity index (χ2n) is 12.5. The molecule has 0 saturated carbocycles. The number of nitrogens with zero attached hydrogens (tertiary/aromatic N) is 3. The van der Waals surface area contributed by atoms with Crippen LogP contribution < -0.4 is 10.6 Å². The van der Waals surface area contributed by atoms with E-state index in [1.807, 2.05) is 24.3 Å². The van der Waals surface area contributed by atoms with Gasteiger partial charge in [-0.3, -0.25) is 9.69 Å². The molecule has 0 spiro atoms. The summed E-state index contributed by atoms with van der Waals surface area (Å²) in [5, 5.41) is 9.27. The van der Waals surface area contributed by atoms with Gasteiger partial charge in [-0.15, -0.1) is 0 Å². The smallest absolute Gasteiger partial charge is 0.416 e. The Morgan fingerprint density at radius 2 is 1.56 bits per heavy atom. The molecule has 1 aromatic carbocycles. The zero-order chi connectivity index (χ0) is 32.1. The average molecular weight is 611 g/mol. The summed E-state index contributed by atoms with van der Waals surface area (Å²) in [4.78, 5) is 31.9. The van der Waals surface area contributed by atoms with E-state index < -0.39 is 38.9 Å². The third-order valence-electron chi connectivity index (χ3n) is 6.84. The van der Waals surface area contributed by atoms with Gasteiger partial charge in [0.05, 0.1) is 5.69 Å². The van der Waals surface area contributed by atoms with Crippen molar-refractivity contribution >= 4 is 27.7 Å². The predicted molar refractivity (Wildman–Crippen MR) is 165 cm³/mol. The van der Waals surface area contributed by atoms with Gasteiger partial charge in [-0.2, -0.15) is 0 Å². The van der Waals surface area contributed by atoms with E-state index in [9.17, 15) is 23.1 Å². The molecule has 43 heavy (non-hydrogen) atoms. The number of ether oxygens (including phenoxy) is 1. The molecule has 0 radical (unpaired) electrons. The van der Waals surface area contributed by atoms with Gasteiger partial charge in [-0.1, -0.05) is 63.6 Å². The van der Waals surface area contributed by atoms with E-state index in [0.717, 1.165) is 29.7 Å². The first kappa shape index (κ1) is 33.7. The van der Waals surface area contributed by atoms with Crippen molar-refractivity contribution in [2.75, 3.05) is 11.4 Å². The Balaban J connectivity index is 2.11. The highest BCUT2D eigenvalue weighted by Gasteiger charge is 2.45. The van der Waals surface area contributed by atoms with Crippen molar-refractivity contribution in [1.82, 2.24) is 9.97 Å². The van der Waals surface area contributed by atoms with Gasteiger partial charge < -0.3 is 15.6 Å². The number of carboxylic acids is 1. The van der Waals surface area contributed by atoms with Crippen molar-refractivity contribution in [2.45, 2.75) is 82.7 Å². The summed E-state index contributed by atoms with van der Waals surface area (Å²) in [7, 11) is -4.36. The molecule has 0 fully saturated rings. The fourth-order valence-electron chi connectivity index (χ4n) is 4.91. The van der Waals surface area contributed by atoms with Crippen LogP contribution in [0.3, 0.4) is 0 Å². The largest absolute Gasteiger partial charge is 0.480 e. The zero-order valence-corrected chi connectivity index (χ0v) is 26.5. The third-order valence-corrected chi connectivity index (χ3v) is 8.95. The number of pyridine rings is 2. The van der Waals surface area contributed by atoms with Crippen LogP contribution in [0.4, 0.5) is 10.6 Å². The second-order valence-corrected chi connectivity index (χ2v) is 14.6. The number of benzene rings is 1. The van der Waals surface area contributed by atoms with Gasteiger partial charge in [0.15, 0.2) is 9.90 Å². The molecule has 0 aliphatic carbocycles. The molecule has 3 aromatic rings. The van der Waals surface area contributed by atoms with Gasteiger partial charge in [-0.25, -0.2) is 23.2 Å². The Hall–Kier alpha value is -3.83. The van der Waals surface area contributed by atoms with Crippen LogP contribution in [0.2, 0.25) is 0 Å². The molecule has 3 rings (SSSR count). The van der Waals surface area contributed by atoms with Crippen molar-refractivity contribution in [1.29, 1.82) is 0 Å². The van der Waals surface area contributed by atoms with Crippen LogP contribution in [0.1, 0.15) is 71.2 Å². The molecule has 0 aliphatic heterocycles. The molecule has 0 bridgehead atoms. The molecule has 11 heteroatoms. The van der Waals surface area contributed by atoms with Crippen molar-refractivity contribution in [3.8, 4) is 0 Å². The molecule has 1 unspecified atom stereocenters. The van der Waals surface area contributed by atoms with Crippen LogP contribution in [0, 0.1) is 5.41 Å². The fraction of sp³-hybridized carbons (Fsp3) is 0.438. The first-order chi connectivity index (χ1) is 20.0. The summed E-state index contributed by atoms with van der Waals surface area (Å²) in [6, 6.07) is 16.5. The number of rotatable bonds is 12.